The number of carbonyl (C=O) groups is 1. The van der Waals surface area contributed by atoms with Gasteiger partial charge in [0.05, 0.1) is 0 Å². The molecule has 0 aliphatic carbocycles. The lowest BCUT2D eigenvalue weighted by molar-refractivity contribution is -0.134. The molecule has 104 valence electrons. The van der Waals surface area contributed by atoms with Gasteiger partial charge in [-0.1, -0.05) is 35.1 Å². The lowest BCUT2D eigenvalue weighted by Gasteiger charge is -2.03. The zero-order chi connectivity index (χ0) is 14.0. The Morgan fingerprint density at radius 3 is 2.65 bits per heavy atom. The summed E-state index contributed by atoms with van der Waals surface area (Å²) >= 11 is 0. The fourth-order valence-corrected chi connectivity index (χ4v) is 3.41. The minimum atomic E-state index is -0.181. The SMILES string of the molecule is O=C(CCCSSc1ccccn1)Oc1ccccc1. The summed E-state index contributed by atoms with van der Waals surface area (Å²) in [5.41, 5.74) is 0. The highest BCUT2D eigenvalue weighted by molar-refractivity contribution is 8.76. The topological polar surface area (TPSA) is 39.2 Å². The first kappa shape index (κ1) is 14.9. The number of carbonyl (C=O) groups excluding carboxylic acids is 1. The van der Waals surface area contributed by atoms with Crippen molar-refractivity contribution in [2.75, 3.05) is 5.75 Å². The van der Waals surface area contributed by atoms with E-state index in [1.165, 1.54) is 0 Å². The number of nitrogens with zero attached hydrogens (tertiary/aromatic N) is 1. The maximum atomic E-state index is 11.6. The molecule has 2 aromatic rings. The summed E-state index contributed by atoms with van der Waals surface area (Å²) in [5.74, 6) is 1.32. The van der Waals surface area contributed by atoms with Crippen LogP contribution in [0.5, 0.6) is 5.75 Å². The molecule has 0 bridgehead atoms. The highest BCUT2D eigenvalue weighted by atomic mass is 33.1. The Labute approximate surface area is 126 Å². The zero-order valence-electron chi connectivity index (χ0n) is 10.9. The molecule has 0 amide bonds. The van der Waals surface area contributed by atoms with Crippen LogP contribution in [0.15, 0.2) is 59.8 Å². The summed E-state index contributed by atoms with van der Waals surface area (Å²) in [4.78, 5) is 15.8. The Morgan fingerprint density at radius 2 is 1.90 bits per heavy atom. The molecule has 0 aliphatic rings. The van der Waals surface area contributed by atoms with E-state index in [1.54, 1.807) is 39.9 Å². The lowest BCUT2D eigenvalue weighted by Crippen LogP contribution is -2.07. The Morgan fingerprint density at radius 1 is 1.10 bits per heavy atom. The van der Waals surface area contributed by atoms with Crippen molar-refractivity contribution in [2.24, 2.45) is 0 Å². The van der Waals surface area contributed by atoms with Crippen molar-refractivity contribution in [2.45, 2.75) is 17.9 Å². The van der Waals surface area contributed by atoms with Crippen LogP contribution in [0.3, 0.4) is 0 Å². The summed E-state index contributed by atoms with van der Waals surface area (Å²) in [5, 5.41) is 0.990. The van der Waals surface area contributed by atoms with Crippen LogP contribution in [0.2, 0.25) is 0 Å². The first-order valence-corrected chi connectivity index (χ1v) is 8.63. The van der Waals surface area contributed by atoms with Gasteiger partial charge in [0.15, 0.2) is 0 Å². The number of para-hydroxylation sites is 1. The molecule has 2 rings (SSSR count). The van der Waals surface area contributed by atoms with Crippen molar-refractivity contribution in [3.05, 3.63) is 54.7 Å². The standard InChI is InChI=1S/C15H15NO2S2/c17-15(18-13-7-2-1-3-8-13)10-6-12-19-20-14-9-4-5-11-16-14/h1-5,7-9,11H,6,10,12H2. The van der Waals surface area contributed by atoms with E-state index in [4.69, 9.17) is 4.74 Å². The number of aromatic nitrogens is 1. The van der Waals surface area contributed by atoms with Gasteiger partial charge < -0.3 is 4.74 Å². The normalized spacial score (nSPS) is 10.2. The zero-order valence-corrected chi connectivity index (χ0v) is 12.5. The molecular weight excluding hydrogens is 290 g/mol. The quantitative estimate of drug-likeness (QED) is 0.332. The molecule has 20 heavy (non-hydrogen) atoms. The van der Waals surface area contributed by atoms with Gasteiger partial charge in [-0.2, -0.15) is 0 Å². The lowest BCUT2D eigenvalue weighted by atomic mass is 10.3. The van der Waals surface area contributed by atoms with Crippen molar-refractivity contribution in [3.8, 4) is 5.75 Å². The van der Waals surface area contributed by atoms with E-state index < -0.39 is 0 Å². The molecule has 0 unspecified atom stereocenters. The second kappa shape index (κ2) is 8.66. The average molecular weight is 305 g/mol. The van der Waals surface area contributed by atoms with Gasteiger partial charge in [-0.15, -0.1) is 0 Å². The summed E-state index contributed by atoms with van der Waals surface area (Å²) < 4.78 is 5.21. The van der Waals surface area contributed by atoms with E-state index in [1.807, 2.05) is 36.4 Å². The maximum absolute atomic E-state index is 11.6. The fourth-order valence-electron chi connectivity index (χ4n) is 1.44. The van der Waals surface area contributed by atoms with Crippen LogP contribution in [0.1, 0.15) is 12.8 Å². The van der Waals surface area contributed by atoms with Crippen LogP contribution in [-0.4, -0.2) is 16.7 Å². The number of hydrogen-bond acceptors (Lipinski definition) is 5. The molecule has 0 radical (unpaired) electrons. The first-order valence-electron chi connectivity index (χ1n) is 6.31. The van der Waals surface area contributed by atoms with Crippen molar-refractivity contribution in [1.29, 1.82) is 0 Å². The molecule has 0 atom stereocenters. The Hall–Kier alpha value is -1.46. The van der Waals surface area contributed by atoms with Crippen molar-refractivity contribution < 1.29 is 9.53 Å². The number of pyridine rings is 1. The van der Waals surface area contributed by atoms with Crippen molar-refractivity contribution in [3.63, 3.8) is 0 Å². The molecule has 1 heterocycles. The van der Waals surface area contributed by atoms with Crippen LogP contribution < -0.4 is 4.74 Å². The Balaban J connectivity index is 1.58. The number of benzene rings is 1. The van der Waals surface area contributed by atoms with Gasteiger partial charge in [0.1, 0.15) is 10.8 Å². The van der Waals surface area contributed by atoms with Gasteiger partial charge in [-0.25, -0.2) is 4.98 Å². The molecule has 0 N–H and O–H groups in total. The molecular formula is C15H15NO2S2. The van der Waals surface area contributed by atoms with Gasteiger partial charge in [0.2, 0.25) is 0 Å². The first-order chi connectivity index (χ1) is 9.84. The number of esters is 1. The molecule has 0 aliphatic heterocycles. The fraction of sp³-hybridized carbons (Fsp3) is 0.200. The Bertz CT molecular complexity index is 520. The van der Waals surface area contributed by atoms with Gasteiger partial charge in [0, 0.05) is 18.4 Å². The molecule has 0 saturated carbocycles. The van der Waals surface area contributed by atoms with Crippen LogP contribution in [-0.2, 0) is 4.79 Å². The van der Waals surface area contributed by atoms with Gasteiger partial charge in [-0.05, 0) is 41.5 Å². The van der Waals surface area contributed by atoms with Crippen LogP contribution >= 0.6 is 21.6 Å². The van der Waals surface area contributed by atoms with Crippen LogP contribution in [0.4, 0.5) is 0 Å². The van der Waals surface area contributed by atoms with E-state index >= 15 is 0 Å². The maximum Gasteiger partial charge on any atom is 0.311 e. The van der Waals surface area contributed by atoms with Gasteiger partial charge >= 0.3 is 5.97 Å². The predicted molar refractivity (Wildman–Crippen MR) is 83.9 cm³/mol. The number of rotatable bonds is 7. The van der Waals surface area contributed by atoms with Crippen LogP contribution in [0.25, 0.3) is 0 Å². The Kier molecular flexibility index (Phi) is 6.47. The average Bonchev–Trinajstić information content (AvgIpc) is 2.49. The smallest absolute Gasteiger partial charge is 0.311 e. The molecule has 1 aromatic heterocycles. The molecule has 3 nitrogen and oxygen atoms in total. The summed E-state index contributed by atoms with van der Waals surface area (Å²) in [7, 11) is 3.33. The number of hydrogen-bond donors (Lipinski definition) is 0. The van der Waals surface area contributed by atoms with E-state index in [-0.39, 0.29) is 5.97 Å². The molecule has 0 saturated heterocycles. The molecule has 1 aromatic carbocycles. The third kappa shape index (κ3) is 5.67. The summed E-state index contributed by atoms with van der Waals surface area (Å²) in [6.07, 6.45) is 3.01. The third-order valence-corrected chi connectivity index (χ3v) is 4.72. The van der Waals surface area contributed by atoms with Crippen molar-refractivity contribution >= 4 is 27.6 Å². The predicted octanol–water partition coefficient (Wildman–Crippen LogP) is 4.21. The third-order valence-electron chi connectivity index (χ3n) is 2.37. The number of ether oxygens (including phenoxy) is 1. The summed E-state index contributed by atoms with van der Waals surface area (Å²) in [6.45, 7) is 0. The van der Waals surface area contributed by atoms with Crippen molar-refractivity contribution in [1.82, 2.24) is 4.98 Å². The second-order valence-corrected chi connectivity index (χ2v) is 6.40. The molecule has 0 fully saturated rings. The van der Waals surface area contributed by atoms with E-state index in [9.17, 15) is 4.79 Å². The highest BCUT2D eigenvalue weighted by Crippen LogP contribution is 2.29. The monoisotopic (exact) mass is 305 g/mol. The minimum absolute atomic E-state index is 0.181. The molecule has 5 heteroatoms. The largest absolute Gasteiger partial charge is 0.427 e. The molecule has 0 spiro atoms. The second-order valence-electron chi connectivity index (χ2n) is 3.96. The van der Waals surface area contributed by atoms with E-state index in [0.29, 0.717) is 12.2 Å². The highest BCUT2D eigenvalue weighted by Gasteiger charge is 2.04. The van der Waals surface area contributed by atoms with E-state index in [2.05, 4.69) is 4.98 Å². The van der Waals surface area contributed by atoms with Gasteiger partial charge in [-0.3, -0.25) is 4.79 Å². The minimum Gasteiger partial charge on any atom is -0.427 e. The van der Waals surface area contributed by atoms with E-state index in [0.717, 1.165) is 17.2 Å². The summed E-state index contributed by atoms with van der Waals surface area (Å²) in [6, 6.07) is 15.0. The van der Waals surface area contributed by atoms with Crippen LogP contribution in [0, 0.1) is 0 Å². The van der Waals surface area contributed by atoms with Gasteiger partial charge in [0.25, 0.3) is 0 Å².